The van der Waals surface area contributed by atoms with E-state index in [1.165, 1.54) is 0 Å². The number of aromatic nitrogens is 1. The van der Waals surface area contributed by atoms with Crippen molar-refractivity contribution in [2.45, 2.75) is 31.8 Å². The minimum Gasteiger partial charge on any atom is -0.349 e. The first-order valence-corrected chi connectivity index (χ1v) is 8.83. The fourth-order valence-electron chi connectivity index (χ4n) is 2.06. The van der Waals surface area contributed by atoms with Gasteiger partial charge in [-0.15, -0.1) is 0 Å². The first-order chi connectivity index (χ1) is 9.87. The Balaban J connectivity index is 2.38. The van der Waals surface area contributed by atoms with E-state index < -0.39 is 10.0 Å². The number of nitrogens with two attached hydrogens (primary N) is 1. The second kappa shape index (κ2) is 6.21. The molecular weight excluding hydrogens is 354 g/mol. The van der Waals surface area contributed by atoms with Gasteiger partial charge < -0.3 is 10.3 Å². The quantitative estimate of drug-likeness (QED) is 0.847. The standard InChI is InChI=1S/C14H18BrN3O2S/c1-3-18-9-12(7-11(18)8-16)21(19,20)17-14-6-10(2)4-5-13(14)15/h4-7,9,17H,3,8,16H2,1-2H3. The van der Waals surface area contributed by atoms with Crippen LogP contribution >= 0.6 is 15.9 Å². The molecule has 0 saturated heterocycles. The number of nitrogens with one attached hydrogen (secondary N) is 1. The third-order valence-electron chi connectivity index (χ3n) is 3.19. The molecule has 0 unspecified atom stereocenters. The van der Waals surface area contributed by atoms with E-state index in [0.717, 1.165) is 11.3 Å². The van der Waals surface area contributed by atoms with Crippen LogP contribution in [0, 0.1) is 6.92 Å². The van der Waals surface area contributed by atoms with Crippen LogP contribution in [0.2, 0.25) is 0 Å². The molecule has 0 spiro atoms. The zero-order valence-electron chi connectivity index (χ0n) is 11.9. The Labute approximate surface area is 133 Å². The summed E-state index contributed by atoms with van der Waals surface area (Å²) in [6.45, 7) is 4.83. The van der Waals surface area contributed by atoms with Crippen LogP contribution in [-0.4, -0.2) is 13.0 Å². The molecule has 1 aromatic carbocycles. The predicted molar refractivity (Wildman–Crippen MR) is 87.7 cm³/mol. The number of aryl methyl sites for hydroxylation is 2. The van der Waals surface area contributed by atoms with Gasteiger partial charge in [0, 0.05) is 29.5 Å². The van der Waals surface area contributed by atoms with Crippen molar-refractivity contribution in [1.82, 2.24) is 4.57 Å². The van der Waals surface area contributed by atoms with Crippen molar-refractivity contribution < 1.29 is 8.42 Å². The number of hydrogen-bond acceptors (Lipinski definition) is 3. The minimum absolute atomic E-state index is 0.221. The molecular formula is C14H18BrN3O2S. The highest BCUT2D eigenvalue weighted by Crippen LogP contribution is 2.26. The number of hydrogen-bond donors (Lipinski definition) is 2. The second-order valence-corrected chi connectivity index (χ2v) is 7.28. The van der Waals surface area contributed by atoms with Crippen molar-refractivity contribution in [3.63, 3.8) is 0 Å². The van der Waals surface area contributed by atoms with Crippen LogP contribution in [0.5, 0.6) is 0 Å². The summed E-state index contributed by atoms with van der Waals surface area (Å²) in [5.74, 6) is 0. The number of benzene rings is 1. The van der Waals surface area contributed by atoms with Crippen LogP contribution in [0.15, 0.2) is 39.8 Å². The highest BCUT2D eigenvalue weighted by Gasteiger charge is 2.19. The van der Waals surface area contributed by atoms with Gasteiger partial charge in [0.15, 0.2) is 0 Å². The average molecular weight is 372 g/mol. The number of sulfonamides is 1. The molecule has 0 aliphatic heterocycles. The van der Waals surface area contributed by atoms with E-state index >= 15 is 0 Å². The van der Waals surface area contributed by atoms with E-state index in [1.807, 2.05) is 30.5 Å². The lowest BCUT2D eigenvalue weighted by Crippen LogP contribution is -2.12. The summed E-state index contributed by atoms with van der Waals surface area (Å²) < 4.78 is 30.1. The van der Waals surface area contributed by atoms with E-state index in [1.54, 1.807) is 18.3 Å². The van der Waals surface area contributed by atoms with Crippen molar-refractivity contribution >= 4 is 31.6 Å². The van der Waals surface area contributed by atoms with Gasteiger partial charge in [0.05, 0.1) is 5.69 Å². The summed E-state index contributed by atoms with van der Waals surface area (Å²) in [6, 6.07) is 7.11. The Morgan fingerprint density at radius 2 is 2.05 bits per heavy atom. The Morgan fingerprint density at radius 3 is 2.62 bits per heavy atom. The van der Waals surface area contributed by atoms with Gasteiger partial charge >= 0.3 is 0 Å². The van der Waals surface area contributed by atoms with Gasteiger partial charge in [-0.3, -0.25) is 4.72 Å². The largest absolute Gasteiger partial charge is 0.349 e. The lowest BCUT2D eigenvalue weighted by molar-refractivity contribution is 0.600. The summed E-state index contributed by atoms with van der Waals surface area (Å²) >= 11 is 3.35. The van der Waals surface area contributed by atoms with Crippen molar-refractivity contribution in [2.24, 2.45) is 5.73 Å². The molecule has 0 fully saturated rings. The molecule has 2 aromatic rings. The summed E-state index contributed by atoms with van der Waals surface area (Å²) in [7, 11) is -3.63. The normalized spacial score (nSPS) is 11.6. The Kier molecular flexibility index (Phi) is 4.75. The fourth-order valence-corrected chi connectivity index (χ4v) is 3.67. The van der Waals surface area contributed by atoms with Gasteiger partial charge in [-0.2, -0.15) is 0 Å². The number of rotatable bonds is 5. The van der Waals surface area contributed by atoms with Crippen LogP contribution < -0.4 is 10.5 Å². The molecule has 0 saturated carbocycles. The minimum atomic E-state index is -3.63. The smallest absolute Gasteiger partial charge is 0.263 e. The lowest BCUT2D eigenvalue weighted by atomic mass is 10.2. The molecule has 0 amide bonds. The van der Waals surface area contributed by atoms with Gasteiger partial charge in [0.25, 0.3) is 10.0 Å². The molecule has 0 aliphatic rings. The SMILES string of the molecule is CCn1cc(S(=O)(=O)Nc2cc(C)ccc2Br)cc1CN. The molecule has 0 radical (unpaired) electrons. The van der Waals surface area contributed by atoms with Crippen LogP contribution in [0.3, 0.4) is 0 Å². The topological polar surface area (TPSA) is 77.1 Å². The predicted octanol–water partition coefficient (Wildman–Crippen LogP) is 2.84. The Morgan fingerprint density at radius 1 is 1.33 bits per heavy atom. The van der Waals surface area contributed by atoms with E-state index in [9.17, 15) is 8.42 Å². The highest BCUT2D eigenvalue weighted by atomic mass is 79.9. The maximum atomic E-state index is 12.5. The number of anilines is 1. The van der Waals surface area contributed by atoms with E-state index in [0.29, 0.717) is 23.2 Å². The summed E-state index contributed by atoms with van der Waals surface area (Å²) in [6.07, 6.45) is 1.61. The monoisotopic (exact) mass is 371 g/mol. The summed E-state index contributed by atoms with van der Waals surface area (Å²) in [4.78, 5) is 0.221. The molecule has 0 atom stereocenters. The molecule has 5 nitrogen and oxygen atoms in total. The molecule has 0 bridgehead atoms. The number of halogens is 1. The number of nitrogens with zero attached hydrogens (tertiary/aromatic N) is 1. The first-order valence-electron chi connectivity index (χ1n) is 6.55. The molecule has 3 N–H and O–H groups in total. The lowest BCUT2D eigenvalue weighted by Gasteiger charge is -2.09. The average Bonchev–Trinajstić information content (AvgIpc) is 2.86. The van der Waals surface area contributed by atoms with E-state index in [2.05, 4.69) is 20.7 Å². The first kappa shape index (κ1) is 16.1. The van der Waals surface area contributed by atoms with Crippen molar-refractivity contribution in [3.05, 3.63) is 46.2 Å². The van der Waals surface area contributed by atoms with E-state index in [4.69, 9.17) is 5.73 Å². The third-order valence-corrected chi connectivity index (χ3v) is 5.21. The third kappa shape index (κ3) is 3.48. The second-order valence-electron chi connectivity index (χ2n) is 4.75. The summed E-state index contributed by atoms with van der Waals surface area (Å²) in [5.41, 5.74) is 7.93. The van der Waals surface area contributed by atoms with Crippen LogP contribution in [-0.2, 0) is 23.1 Å². The fraction of sp³-hybridized carbons (Fsp3) is 0.286. The van der Waals surface area contributed by atoms with Gasteiger partial charge in [-0.1, -0.05) is 6.07 Å². The molecule has 2 rings (SSSR count). The zero-order valence-corrected chi connectivity index (χ0v) is 14.3. The molecule has 1 heterocycles. The van der Waals surface area contributed by atoms with Gasteiger partial charge in [0.2, 0.25) is 0 Å². The van der Waals surface area contributed by atoms with Gasteiger partial charge in [-0.25, -0.2) is 8.42 Å². The molecule has 0 aliphatic carbocycles. The van der Waals surface area contributed by atoms with Gasteiger partial charge in [0.1, 0.15) is 4.90 Å². The maximum Gasteiger partial charge on any atom is 0.263 e. The van der Waals surface area contributed by atoms with E-state index in [-0.39, 0.29) is 4.90 Å². The molecule has 7 heteroatoms. The van der Waals surface area contributed by atoms with Crippen molar-refractivity contribution in [2.75, 3.05) is 4.72 Å². The maximum absolute atomic E-state index is 12.5. The van der Waals surface area contributed by atoms with Crippen molar-refractivity contribution in [3.8, 4) is 0 Å². The van der Waals surface area contributed by atoms with Gasteiger partial charge in [-0.05, 0) is 53.5 Å². The van der Waals surface area contributed by atoms with Crippen LogP contribution in [0.4, 0.5) is 5.69 Å². The zero-order chi connectivity index (χ0) is 15.6. The van der Waals surface area contributed by atoms with Crippen LogP contribution in [0.25, 0.3) is 0 Å². The molecule has 21 heavy (non-hydrogen) atoms. The Bertz CT molecular complexity index is 732. The summed E-state index contributed by atoms with van der Waals surface area (Å²) in [5, 5.41) is 0. The Hall–Kier alpha value is -1.31. The van der Waals surface area contributed by atoms with Crippen LogP contribution in [0.1, 0.15) is 18.2 Å². The van der Waals surface area contributed by atoms with Crippen molar-refractivity contribution in [1.29, 1.82) is 0 Å². The molecule has 114 valence electrons. The highest BCUT2D eigenvalue weighted by molar-refractivity contribution is 9.10. The molecule has 1 aromatic heterocycles.